The molecule has 2 amide bonds. The van der Waals surface area contributed by atoms with Crippen LogP contribution in [0.15, 0.2) is 18.2 Å². The van der Waals surface area contributed by atoms with E-state index in [1.54, 1.807) is 0 Å². The van der Waals surface area contributed by atoms with Gasteiger partial charge in [0.2, 0.25) is 0 Å². The number of ether oxygens (including phenoxy) is 1. The van der Waals surface area contributed by atoms with Crippen LogP contribution in [-0.4, -0.2) is 36.9 Å². The molecule has 0 saturated carbocycles. The van der Waals surface area contributed by atoms with Crippen molar-refractivity contribution in [3.05, 3.63) is 34.6 Å². The lowest BCUT2D eigenvalue weighted by atomic mass is 10.2. The average molecular weight is 319 g/mol. The Bertz CT molecular complexity index is 513. The lowest BCUT2D eigenvalue weighted by molar-refractivity contribution is -0.139. The lowest BCUT2D eigenvalue weighted by Crippen LogP contribution is -2.46. The zero-order valence-corrected chi connectivity index (χ0v) is 12.1. The highest BCUT2D eigenvalue weighted by molar-refractivity contribution is 6.30. The van der Waals surface area contributed by atoms with Crippen LogP contribution in [0.3, 0.4) is 0 Å². The van der Waals surface area contributed by atoms with E-state index in [0.29, 0.717) is 5.56 Å². The third-order valence-electron chi connectivity index (χ3n) is 2.65. The third kappa shape index (κ3) is 5.97. The van der Waals surface area contributed by atoms with Crippen LogP contribution in [0.25, 0.3) is 0 Å². The largest absolute Gasteiger partial charge is 0.480 e. The number of carboxylic acid groups (broad SMARTS) is 1. The SMILES string of the molecule is COCCC(NC(=O)NCc1ccc(F)c(Cl)c1)C(=O)O. The Labute approximate surface area is 126 Å². The first-order valence-electron chi connectivity index (χ1n) is 6.14. The molecule has 1 rings (SSSR count). The van der Waals surface area contributed by atoms with Gasteiger partial charge in [0.1, 0.15) is 11.9 Å². The summed E-state index contributed by atoms with van der Waals surface area (Å²) >= 11 is 5.62. The summed E-state index contributed by atoms with van der Waals surface area (Å²) in [6.45, 7) is 0.313. The van der Waals surface area contributed by atoms with Gasteiger partial charge in [0.05, 0.1) is 5.02 Å². The van der Waals surface area contributed by atoms with Crippen molar-refractivity contribution < 1.29 is 23.8 Å². The fraction of sp³-hybridized carbons (Fsp3) is 0.385. The number of hydrogen-bond acceptors (Lipinski definition) is 3. The van der Waals surface area contributed by atoms with Crippen LogP contribution in [0.2, 0.25) is 5.02 Å². The monoisotopic (exact) mass is 318 g/mol. The number of methoxy groups -OCH3 is 1. The van der Waals surface area contributed by atoms with E-state index < -0.39 is 23.9 Å². The number of nitrogens with one attached hydrogen (secondary N) is 2. The Morgan fingerprint density at radius 1 is 1.48 bits per heavy atom. The summed E-state index contributed by atoms with van der Waals surface area (Å²) in [6, 6.07) is 2.37. The summed E-state index contributed by atoms with van der Waals surface area (Å²) in [5.41, 5.74) is 0.598. The summed E-state index contributed by atoms with van der Waals surface area (Å²) in [7, 11) is 1.44. The number of carbonyl (C=O) groups excluding carboxylic acids is 1. The van der Waals surface area contributed by atoms with E-state index in [1.165, 1.54) is 25.3 Å². The molecule has 3 N–H and O–H groups in total. The number of carboxylic acids is 1. The molecule has 8 heteroatoms. The number of hydrogen-bond donors (Lipinski definition) is 3. The summed E-state index contributed by atoms with van der Waals surface area (Å²) in [5.74, 6) is -1.69. The average Bonchev–Trinajstić information content (AvgIpc) is 2.44. The van der Waals surface area contributed by atoms with Crippen molar-refractivity contribution in [1.29, 1.82) is 0 Å². The van der Waals surface area contributed by atoms with Crippen molar-refractivity contribution in [1.82, 2.24) is 10.6 Å². The van der Waals surface area contributed by atoms with E-state index in [0.717, 1.165) is 0 Å². The molecule has 0 spiro atoms. The molecule has 1 atom stereocenters. The van der Waals surface area contributed by atoms with Crippen molar-refractivity contribution in [2.75, 3.05) is 13.7 Å². The second-order valence-corrected chi connectivity index (χ2v) is 4.65. The first kappa shape index (κ1) is 17.2. The van der Waals surface area contributed by atoms with Gasteiger partial charge in [-0.3, -0.25) is 0 Å². The zero-order valence-electron chi connectivity index (χ0n) is 11.4. The first-order chi connectivity index (χ1) is 9.93. The summed E-state index contributed by atoms with van der Waals surface area (Å²) < 4.78 is 17.7. The Hall–Kier alpha value is -1.86. The molecule has 1 aromatic rings. The molecule has 0 heterocycles. The minimum atomic E-state index is -1.15. The maximum atomic E-state index is 13.0. The van der Waals surface area contributed by atoms with Gasteiger partial charge in [-0.25, -0.2) is 14.0 Å². The Morgan fingerprint density at radius 2 is 2.19 bits per heavy atom. The van der Waals surface area contributed by atoms with Crippen LogP contribution in [0.1, 0.15) is 12.0 Å². The van der Waals surface area contributed by atoms with Crippen LogP contribution in [-0.2, 0) is 16.1 Å². The van der Waals surface area contributed by atoms with Crippen LogP contribution in [0.4, 0.5) is 9.18 Å². The van der Waals surface area contributed by atoms with Gasteiger partial charge in [0, 0.05) is 26.7 Å². The second kappa shape index (κ2) is 8.43. The predicted molar refractivity (Wildman–Crippen MR) is 74.7 cm³/mol. The molecule has 1 unspecified atom stereocenters. The van der Waals surface area contributed by atoms with E-state index in [-0.39, 0.29) is 24.6 Å². The molecule has 0 aliphatic rings. The van der Waals surface area contributed by atoms with E-state index in [4.69, 9.17) is 21.4 Å². The number of halogens is 2. The topological polar surface area (TPSA) is 87.7 Å². The molecule has 0 fully saturated rings. The Kier molecular flexibility index (Phi) is 6.90. The molecule has 0 radical (unpaired) electrons. The van der Waals surface area contributed by atoms with Crippen molar-refractivity contribution in [2.45, 2.75) is 19.0 Å². The van der Waals surface area contributed by atoms with Crippen molar-refractivity contribution in [3.63, 3.8) is 0 Å². The molecular formula is C13H16ClFN2O4. The minimum Gasteiger partial charge on any atom is -0.480 e. The van der Waals surface area contributed by atoms with E-state index in [1.807, 2.05) is 0 Å². The summed E-state index contributed by atoms with van der Waals surface area (Å²) in [4.78, 5) is 22.6. The van der Waals surface area contributed by atoms with Gasteiger partial charge in [-0.2, -0.15) is 0 Å². The van der Waals surface area contributed by atoms with Gasteiger partial charge in [0.25, 0.3) is 0 Å². The van der Waals surface area contributed by atoms with Crippen LogP contribution < -0.4 is 10.6 Å². The minimum absolute atomic E-state index is 0.0433. The Balaban J connectivity index is 2.48. The standard InChI is InChI=1S/C13H16ClFN2O4/c1-21-5-4-11(12(18)19)17-13(20)16-7-8-2-3-10(15)9(14)6-8/h2-3,6,11H,4-5,7H2,1H3,(H,18,19)(H2,16,17,20). The fourth-order valence-corrected chi connectivity index (χ4v) is 1.74. The molecule has 0 bridgehead atoms. The highest BCUT2D eigenvalue weighted by Gasteiger charge is 2.19. The number of rotatable bonds is 7. The van der Waals surface area contributed by atoms with Crippen LogP contribution >= 0.6 is 11.6 Å². The molecule has 1 aromatic carbocycles. The van der Waals surface area contributed by atoms with Crippen molar-refractivity contribution in [3.8, 4) is 0 Å². The molecule has 0 aliphatic heterocycles. The molecule has 0 aromatic heterocycles. The van der Waals surface area contributed by atoms with Crippen molar-refractivity contribution >= 4 is 23.6 Å². The van der Waals surface area contributed by atoms with Crippen molar-refractivity contribution in [2.24, 2.45) is 0 Å². The maximum Gasteiger partial charge on any atom is 0.326 e. The number of amides is 2. The van der Waals surface area contributed by atoms with Gasteiger partial charge in [0.15, 0.2) is 0 Å². The first-order valence-corrected chi connectivity index (χ1v) is 6.52. The van der Waals surface area contributed by atoms with E-state index in [9.17, 15) is 14.0 Å². The molecule has 0 saturated heterocycles. The normalized spacial score (nSPS) is 11.8. The predicted octanol–water partition coefficient (Wildman–Crippen LogP) is 1.77. The number of urea groups is 1. The molecule has 116 valence electrons. The van der Waals surface area contributed by atoms with Gasteiger partial charge >= 0.3 is 12.0 Å². The third-order valence-corrected chi connectivity index (χ3v) is 2.94. The van der Waals surface area contributed by atoms with E-state index >= 15 is 0 Å². The van der Waals surface area contributed by atoms with Crippen LogP contribution in [0, 0.1) is 5.82 Å². The van der Waals surface area contributed by atoms with Gasteiger partial charge < -0.3 is 20.5 Å². The van der Waals surface area contributed by atoms with E-state index in [2.05, 4.69) is 10.6 Å². The van der Waals surface area contributed by atoms with Crippen LogP contribution in [0.5, 0.6) is 0 Å². The summed E-state index contributed by atoms with van der Waals surface area (Å²) in [6.07, 6.45) is 0.154. The highest BCUT2D eigenvalue weighted by Crippen LogP contribution is 2.15. The number of benzene rings is 1. The molecule has 21 heavy (non-hydrogen) atoms. The van der Waals surface area contributed by atoms with Gasteiger partial charge in [-0.1, -0.05) is 17.7 Å². The number of carbonyl (C=O) groups is 2. The fourth-order valence-electron chi connectivity index (χ4n) is 1.53. The molecule has 0 aliphatic carbocycles. The Morgan fingerprint density at radius 3 is 2.76 bits per heavy atom. The maximum absolute atomic E-state index is 13.0. The van der Waals surface area contributed by atoms with Gasteiger partial charge in [-0.05, 0) is 17.7 Å². The quantitative estimate of drug-likeness (QED) is 0.715. The second-order valence-electron chi connectivity index (χ2n) is 4.25. The molecular weight excluding hydrogens is 303 g/mol. The number of aliphatic carboxylic acids is 1. The zero-order chi connectivity index (χ0) is 15.8. The molecule has 6 nitrogen and oxygen atoms in total. The highest BCUT2D eigenvalue weighted by atomic mass is 35.5. The van der Waals surface area contributed by atoms with Gasteiger partial charge in [-0.15, -0.1) is 0 Å². The smallest absolute Gasteiger partial charge is 0.326 e. The summed E-state index contributed by atoms with van der Waals surface area (Å²) in [5, 5.41) is 13.7. The lowest BCUT2D eigenvalue weighted by Gasteiger charge is -2.14.